The summed E-state index contributed by atoms with van der Waals surface area (Å²) in [6.45, 7) is 5.67. The Kier molecular flexibility index (Phi) is 3.32. The maximum absolute atomic E-state index is 9.45. The van der Waals surface area contributed by atoms with Gasteiger partial charge in [0.05, 0.1) is 11.6 Å². The SMILES string of the molecule is CCN=c1cc(NCC)cc2ccn(O)cc1-2. The predicted octanol–water partition coefficient (Wildman–Crippen LogP) is 2.18. The average molecular weight is 231 g/mol. The van der Waals surface area contributed by atoms with Crippen LogP contribution in [0.5, 0.6) is 0 Å². The van der Waals surface area contributed by atoms with E-state index in [0.717, 1.165) is 40.0 Å². The molecule has 4 nitrogen and oxygen atoms in total. The Bertz CT molecular complexity index is 545. The molecule has 4 heteroatoms. The zero-order valence-corrected chi connectivity index (χ0v) is 10.1. The first-order valence-electron chi connectivity index (χ1n) is 5.84. The van der Waals surface area contributed by atoms with E-state index < -0.39 is 0 Å². The molecule has 1 aliphatic carbocycles. The molecule has 17 heavy (non-hydrogen) atoms. The van der Waals surface area contributed by atoms with E-state index in [0.29, 0.717) is 0 Å². The molecule has 2 aliphatic rings. The third-order valence-corrected chi connectivity index (χ3v) is 2.57. The standard InChI is InChI=1S/C13H17N3O/c1-3-14-11-7-10-5-6-16(17)9-12(10)13(8-11)15-4-2/h5-9,14,17H,3-4H2,1-2H3. The quantitative estimate of drug-likeness (QED) is 0.795. The van der Waals surface area contributed by atoms with Gasteiger partial charge in [-0.1, -0.05) is 0 Å². The highest BCUT2D eigenvalue weighted by Gasteiger charge is 2.06. The molecule has 0 spiro atoms. The first-order valence-corrected chi connectivity index (χ1v) is 5.84. The van der Waals surface area contributed by atoms with E-state index in [1.165, 1.54) is 0 Å². The van der Waals surface area contributed by atoms with Crippen LogP contribution in [0.4, 0.5) is 5.69 Å². The number of fused-ring (bicyclic) bond motifs is 1. The Morgan fingerprint density at radius 2 is 2.18 bits per heavy atom. The van der Waals surface area contributed by atoms with Gasteiger partial charge < -0.3 is 10.5 Å². The summed E-state index contributed by atoms with van der Waals surface area (Å²) in [7, 11) is 0. The Labute approximate surface area is 101 Å². The molecule has 0 radical (unpaired) electrons. The Balaban J connectivity index is 2.67. The molecule has 0 amide bonds. The minimum absolute atomic E-state index is 0.727. The molecule has 2 N–H and O–H groups in total. The lowest BCUT2D eigenvalue weighted by atomic mass is 10.0. The van der Waals surface area contributed by atoms with Gasteiger partial charge >= 0.3 is 0 Å². The van der Waals surface area contributed by atoms with E-state index in [1.807, 2.05) is 19.1 Å². The van der Waals surface area contributed by atoms with Crippen LogP contribution in [-0.4, -0.2) is 23.0 Å². The molecule has 2 rings (SSSR count). The molecule has 0 saturated carbocycles. The number of aromatic nitrogens is 1. The largest absolute Gasteiger partial charge is 0.429 e. The van der Waals surface area contributed by atoms with Crippen LogP contribution >= 0.6 is 0 Å². The van der Waals surface area contributed by atoms with Crippen molar-refractivity contribution in [3.05, 3.63) is 36.0 Å². The second kappa shape index (κ2) is 4.91. The van der Waals surface area contributed by atoms with Crippen LogP contribution in [-0.2, 0) is 0 Å². The van der Waals surface area contributed by atoms with Crippen molar-refractivity contribution in [3.63, 3.8) is 0 Å². The Morgan fingerprint density at radius 1 is 1.35 bits per heavy atom. The summed E-state index contributed by atoms with van der Waals surface area (Å²) in [5.41, 5.74) is 3.09. The molecule has 0 atom stereocenters. The van der Waals surface area contributed by atoms with Crippen LogP contribution in [0.1, 0.15) is 13.8 Å². The normalized spacial score (nSPS) is 12.0. The first-order chi connectivity index (χ1) is 8.24. The third-order valence-electron chi connectivity index (χ3n) is 2.57. The van der Waals surface area contributed by atoms with Crippen molar-refractivity contribution in [3.8, 4) is 11.1 Å². The number of nitrogens with one attached hydrogen (secondary N) is 1. The molecule has 0 aromatic heterocycles. The van der Waals surface area contributed by atoms with Gasteiger partial charge in [-0.15, -0.1) is 0 Å². The number of anilines is 1. The van der Waals surface area contributed by atoms with Gasteiger partial charge in [-0.05, 0) is 37.6 Å². The summed E-state index contributed by atoms with van der Waals surface area (Å²) in [6.07, 6.45) is 3.30. The molecule has 0 fully saturated rings. The van der Waals surface area contributed by atoms with E-state index in [4.69, 9.17) is 0 Å². The molecular formula is C13H17N3O. The molecule has 0 aromatic rings. The summed E-state index contributed by atoms with van der Waals surface area (Å²) < 4.78 is 1.06. The maximum atomic E-state index is 9.45. The lowest BCUT2D eigenvalue weighted by Gasteiger charge is -2.11. The first kappa shape index (κ1) is 11.5. The summed E-state index contributed by atoms with van der Waals surface area (Å²) in [5, 5.41) is 13.6. The van der Waals surface area contributed by atoms with Crippen molar-refractivity contribution in [2.75, 3.05) is 18.4 Å². The van der Waals surface area contributed by atoms with Crippen molar-refractivity contribution < 1.29 is 5.21 Å². The molecule has 0 saturated heterocycles. The minimum Gasteiger partial charge on any atom is -0.429 e. The van der Waals surface area contributed by atoms with Crippen LogP contribution in [0, 0.1) is 0 Å². The molecular weight excluding hydrogens is 214 g/mol. The monoisotopic (exact) mass is 231 g/mol. The van der Waals surface area contributed by atoms with Gasteiger partial charge in [0.2, 0.25) is 0 Å². The number of rotatable bonds is 3. The van der Waals surface area contributed by atoms with Crippen LogP contribution in [0.15, 0.2) is 35.6 Å². The maximum Gasteiger partial charge on any atom is 0.0689 e. The molecule has 0 bridgehead atoms. The van der Waals surface area contributed by atoms with E-state index >= 15 is 0 Å². The van der Waals surface area contributed by atoms with Crippen LogP contribution in [0.2, 0.25) is 0 Å². The smallest absolute Gasteiger partial charge is 0.0689 e. The zero-order chi connectivity index (χ0) is 12.3. The van der Waals surface area contributed by atoms with Crippen LogP contribution < -0.4 is 10.7 Å². The van der Waals surface area contributed by atoms with E-state index in [2.05, 4.69) is 23.3 Å². The van der Waals surface area contributed by atoms with Gasteiger partial charge in [-0.3, -0.25) is 4.99 Å². The number of pyridine rings is 1. The van der Waals surface area contributed by atoms with Crippen LogP contribution in [0.3, 0.4) is 0 Å². The van der Waals surface area contributed by atoms with Crippen molar-refractivity contribution in [2.24, 2.45) is 4.99 Å². The van der Waals surface area contributed by atoms with Gasteiger partial charge in [0, 0.05) is 30.5 Å². The minimum atomic E-state index is 0.727. The Morgan fingerprint density at radius 3 is 2.88 bits per heavy atom. The summed E-state index contributed by atoms with van der Waals surface area (Å²) >= 11 is 0. The van der Waals surface area contributed by atoms with E-state index in [1.54, 1.807) is 12.4 Å². The summed E-state index contributed by atoms with van der Waals surface area (Å²) in [6, 6.07) is 5.95. The fourth-order valence-electron chi connectivity index (χ4n) is 1.88. The number of nitrogens with zero attached hydrogens (tertiary/aromatic N) is 2. The predicted molar refractivity (Wildman–Crippen MR) is 68.5 cm³/mol. The van der Waals surface area contributed by atoms with E-state index in [9.17, 15) is 5.21 Å². The van der Waals surface area contributed by atoms with Crippen molar-refractivity contribution in [1.29, 1.82) is 0 Å². The van der Waals surface area contributed by atoms with Crippen LogP contribution in [0.25, 0.3) is 11.1 Å². The number of benzene rings is 1. The average Bonchev–Trinajstić information content (AvgIpc) is 2.31. The summed E-state index contributed by atoms with van der Waals surface area (Å²) in [4.78, 5) is 4.45. The van der Waals surface area contributed by atoms with Crippen molar-refractivity contribution in [1.82, 2.24) is 4.73 Å². The topological polar surface area (TPSA) is 49.5 Å². The molecule has 0 aromatic carbocycles. The third kappa shape index (κ3) is 2.41. The van der Waals surface area contributed by atoms with Gasteiger partial charge in [-0.2, -0.15) is 0 Å². The highest BCUT2D eigenvalue weighted by molar-refractivity contribution is 5.69. The van der Waals surface area contributed by atoms with Gasteiger partial charge in [-0.25, -0.2) is 4.73 Å². The number of hydrogen-bond acceptors (Lipinski definition) is 3. The van der Waals surface area contributed by atoms with E-state index in [-0.39, 0.29) is 0 Å². The molecule has 1 aliphatic heterocycles. The Hall–Kier alpha value is -1.97. The van der Waals surface area contributed by atoms with Gasteiger partial charge in [0.1, 0.15) is 0 Å². The van der Waals surface area contributed by atoms with Gasteiger partial charge in [0.15, 0.2) is 0 Å². The highest BCUT2D eigenvalue weighted by Crippen LogP contribution is 2.20. The van der Waals surface area contributed by atoms with Crippen molar-refractivity contribution >= 4 is 5.69 Å². The molecule has 0 unspecified atom stereocenters. The zero-order valence-electron chi connectivity index (χ0n) is 10.1. The second-order valence-electron chi connectivity index (χ2n) is 3.83. The number of hydrogen-bond donors (Lipinski definition) is 2. The van der Waals surface area contributed by atoms with Crippen molar-refractivity contribution in [2.45, 2.75) is 13.8 Å². The highest BCUT2D eigenvalue weighted by atomic mass is 16.5. The summed E-state index contributed by atoms with van der Waals surface area (Å²) in [5.74, 6) is 0. The fourth-order valence-corrected chi connectivity index (χ4v) is 1.88. The lowest BCUT2D eigenvalue weighted by molar-refractivity contribution is 0.184. The second-order valence-corrected chi connectivity index (χ2v) is 3.83. The molecule has 1 heterocycles. The fraction of sp³-hybridized carbons (Fsp3) is 0.308. The molecule has 90 valence electrons. The van der Waals surface area contributed by atoms with Gasteiger partial charge in [0.25, 0.3) is 0 Å². The lowest BCUT2D eigenvalue weighted by Crippen LogP contribution is -2.12.